The first-order chi connectivity index (χ1) is 6.35. The van der Waals surface area contributed by atoms with Gasteiger partial charge in [0.25, 0.3) is 0 Å². The third-order valence-corrected chi connectivity index (χ3v) is 3.04. The molecule has 1 nitrogen and oxygen atoms in total. The molecule has 1 aliphatic carbocycles. The van der Waals surface area contributed by atoms with E-state index in [1.54, 1.807) is 0 Å². The molecule has 70 valence electrons. The Labute approximate surface area is 80.0 Å². The van der Waals surface area contributed by atoms with Crippen molar-refractivity contribution in [1.29, 1.82) is 0 Å². The number of nitrogens with two attached hydrogens (primary N) is 1. The van der Waals surface area contributed by atoms with E-state index in [9.17, 15) is 0 Å². The number of benzene rings is 1. The molecule has 2 atom stereocenters. The van der Waals surface area contributed by atoms with Gasteiger partial charge in [-0.05, 0) is 42.3 Å². The van der Waals surface area contributed by atoms with Gasteiger partial charge in [0.15, 0.2) is 0 Å². The second kappa shape index (κ2) is 3.51. The molecule has 1 saturated carbocycles. The van der Waals surface area contributed by atoms with Crippen LogP contribution in [0.4, 0.5) is 0 Å². The second-order valence-corrected chi connectivity index (χ2v) is 3.93. The third kappa shape index (κ3) is 1.75. The van der Waals surface area contributed by atoms with Crippen LogP contribution in [0.1, 0.15) is 30.4 Å². The Kier molecular flexibility index (Phi) is 2.36. The smallest absolute Gasteiger partial charge is 0.00428 e. The van der Waals surface area contributed by atoms with Crippen molar-refractivity contribution in [3.05, 3.63) is 35.4 Å². The molecule has 1 aliphatic rings. The Morgan fingerprint density at radius 1 is 1.31 bits per heavy atom. The fourth-order valence-electron chi connectivity index (χ4n) is 1.92. The van der Waals surface area contributed by atoms with Crippen LogP contribution in [0.15, 0.2) is 24.3 Å². The molecule has 0 spiro atoms. The summed E-state index contributed by atoms with van der Waals surface area (Å²) in [5.74, 6) is 1.52. The average Bonchev–Trinajstić information content (AvgIpc) is 2.97. The zero-order valence-electron chi connectivity index (χ0n) is 8.16. The van der Waals surface area contributed by atoms with Crippen LogP contribution >= 0.6 is 0 Å². The van der Waals surface area contributed by atoms with Crippen molar-refractivity contribution in [3.8, 4) is 0 Å². The van der Waals surface area contributed by atoms with Crippen molar-refractivity contribution in [1.82, 2.24) is 0 Å². The molecule has 0 amide bonds. The Balaban J connectivity index is 2.07. The topological polar surface area (TPSA) is 26.0 Å². The molecule has 1 aromatic carbocycles. The van der Waals surface area contributed by atoms with Gasteiger partial charge in [0.05, 0.1) is 0 Å². The van der Waals surface area contributed by atoms with Crippen molar-refractivity contribution in [3.63, 3.8) is 0 Å². The minimum atomic E-state index is 0.757. The average molecular weight is 175 g/mol. The minimum Gasteiger partial charge on any atom is -0.330 e. The van der Waals surface area contributed by atoms with Gasteiger partial charge in [-0.15, -0.1) is 0 Å². The first kappa shape index (κ1) is 8.76. The van der Waals surface area contributed by atoms with E-state index in [4.69, 9.17) is 5.73 Å². The van der Waals surface area contributed by atoms with Crippen LogP contribution in [0.2, 0.25) is 0 Å². The Bertz CT molecular complexity index is 276. The summed E-state index contributed by atoms with van der Waals surface area (Å²) in [4.78, 5) is 0. The van der Waals surface area contributed by atoms with Crippen LogP contribution in [-0.2, 0) is 6.42 Å². The van der Waals surface area contributed by atoms with Gasteiger partial charge in [0, 0.05) is 0 Å². The second-order valence-electron chi connectivity index (χ2n) is 3.93. The maximum absolute atomic E-state index is 5.62. The standard InChI is InChI=1S/C12H17N/c1-2-9-3-5-10(6-4-9)12-7-11(12)8-13/h3-6,11-12H,2,7-8,13H2,1H3/t11-,12+/m1/s1. The molecule has 0 aromatic heterocycles. The molecule has 1 fully saturated rings. The van der Waals surface area contributed by atoms with Crippen LogP contribution < -0.4 is 5.73 Å². The fourth-order valence-corrected chi connectivity index (χ4v) is 1.92. The zero-order valence-corrected chi connectivity index (χ0v) is 8.16. The third-order valence-electron chi connectivity index (χ3n) is 3.04. The highest BCUT2D eigenvalue weighted by atomic mass is 14.6. The van der Waals surface area contributed by atoms with E-state index in [0.29, 0.717) is 0 Å². The summed E-state index contributed by atoms with van der Waals surface area (Å²) in [7, 11) is 0. The highest BCUT2D eigenvalue weighted by molar-refractivity contribution is 5.29. The summed E-state index contributed by atoms with van der Waals surface area (Å²) >= 11 is 0. The van der Waals surface area contributed by atoms with Gasteiger partial charge in [0.1, 0.15) is 0 Å². The van der Waals surface area contributed by atoms with Gasteiger partial charge in [-0.25, -0.2) is 0 Å². The molecule has 0 unspecified atom stereocenters. The summed E-state index contributed by atoms with van der Waals surface area (Å²) in [6.45, 7) is 3.04. The Morgan fingerprint density at radius 3 is 2.46 bits per heavy atom. The van der Waals surface area contributed by atoms with Gasteiger partial charge in [0.2, 0.25) is 0 Å². The fraction of sp³-hybridized carbons (Fsp3) is 0.500. The van der Waals surface area contributed by atoms with Crippen molar-refractivity contribution in [2.75, 3.05) is 6.54 Å². The molecule has 2 N–H and O–H groups in total. The van der Waals surface area contributed by atoms with Gasteiger partial charge in [-0.2, -0.15) is 0 Å². The first-order valence-corrected chi connectivity index (χ1v) is 5.14. The van der Waals surface area contributed by atoms with E-state index < -0.39 is 0 Å². The number of rotatable bonds is 3. The molecule has 0 aliphatic heterocycles. The zero-order chi connectivity index (χ0) is 9.26. The van der Waals surface area contributed by atoms with Crippen LogP contribution in [-0.4, -0.2) is 6.54 Å². The van der Waals surface area contributed by atoms with Crippen LogP contribution in [0.3, 0.4) is 0 Å². The molecule has 0 heterocycles. The van der Waals surface area contributed by atoms with Gasteiger partial charge in [-0.3, -0.25) is 0 Å². The molecule has 2 rings (SSSR count). The summed E-state index contributed by atoms with van der Waals surface area (Å²) in [5.41, 5.74) is 8.52. The molecule has 13 heavy (non-hydrogen) atoms. The predicted molar refractivity (Wildman–Crippen MR) is 55.7 cm³/mol. The maximum Gasteiger partial charge on any atom is -0.00428 e. The van der Waals surface area contributed by atoms with Crippen molar-refractivity contribution >= 4 is 0 Å². The number of hydrogen-bond donors (Lipinski definition) is 1. The summed E-state index contributed by atoms with van der Waals surface area (Å²) < 4.78 is 0. The van der Waals surface area contributed by atoms with Crippen LogP contribution in [0.25, 0.3) is 0 Å². The van der Waals surface area contributed by atoms with E-state index in [0.717, 1.165) is 24.8 Å². The summed E-state index contributed by atoms with van der Waals surface area (Å²) in [6.07, 6.45) is 2.42. The quantitative estimate of drug-likeness (QED) is 0.749. The lowest BCUT2D eigenvalue weighted by molar-refractivity contribution is 0.809. The highest BCUT2D eigenvalue weighted by Gasteiger charge is 2.36. The number of hydrogen-bond acceptors (Lipinski definition) is 1. The van der Waals surface area contributed by atoms with Crippen LogP contribution in [0.5, 0.6) is 0 Å². The monoisotopic (exact) mass is 175 g/mol. The molecule has 0 bridgehead atoms. The molecule has 1 aromatic rings. The van der Waals surface area contributed by atoms with Crippen LogP contribution in [0, 0.1) is 5.92 Å². The number of aryl methyl sites for hydroxylation is 1. The maximum atomic E-state index is 5.62. The van der Waals surface area contributed by atoms with Crippen molar-refractivity contribution in [2.45, 2.75) is 25.7 Å². The molecule has 1 heteroatoms. The first-order valence-electron chi connectivity index (χ1n) is 5.14. The normalized spacial score (nSPS) is 26.0. The van der Waals surface area contributed by atoms with E-state index in [2.05, 4.69) is 31.2 Å². The van der Waals surface area contributed by atoms with Gasteiger partial charge >= 0.3 is 0 Å². The minimum absolute atomic E-state index is 0.757. The van der Waals surface area contributed by atoms with E-state index >= 15 is 0 Å². The molecule has 0 radical (unpaired) electrons. The highest BCUT2D eigenvalue weighted by Crippen LogP contribution is 2.46. The lowest BCUT2D eigenvalue weighted by Gasteiger charge is -2.00. The lowest BCUT2D eigenvalue weighted by atomic mass is 10.1. The van der Waals surface area contributed by atoms with Crippen molar-refractivity contribution < 1.29 is 0 Å². The van der Waals surface area contributed by atoms with Gasteiger partial charge < -0.3 is 5.73 Å². The summed E-state index contributed by atoms with van der Waals surface area (Å²) in [6, 6.07) is 9.00. The van der Waals surface area contributed by atoms with Crippen molar-refractivity contribution in [2.24, 2.45) is 11.7 Å². The van der Waals surface area contributed by atoms with Gasteiger partial charge in [-0.1, -0.05) is 31.2 Å². The largest absolute Gasteiger partial charge is 0.330 e. The van der Waals surface area contributed by atoms with E-state index in [1.165, 1.54) is 17.5 Å². The lowest BCUT2D eigenvalue weighted by Crippen LogP contribution is -2.01. The Hall–Kier alpha value is -0.820. The van der Waals surface area contributed by atoms with E-state index in [1.807, 2.05) is 0 Å². The SMILES string of the molecule is CCc1ccc([C@@H]2C[C@@H]2CN)cc1. The van der Waals surface area contributed by atoms with E-state index in [-0.39, 0.29) is 0 Å². The Morgan fingerprint density at radius 2 is 2.00 bits per heavy atom. The molecular formula is C12H17N. The molecule has 0 saturated heterocycles. The molecular weight excluding hydrogens is 158 g/mol. The predicted octanol–water partition coefficient (Wildman–Crippen LogP) is 2.31. The summed E-state index contributed by atoms with van der Waals surface area (Å²) in [5, 5.41) is 0.